The van der Waals surface area contributed by atoms with E-state index < -0.39 is 11.9 Å². The van der Waals surface area contributed by atoms with E-state index in [1.165, 1.54) is 31.2 Å². The lowest BCUT2D eigenvalue weighted by Gasteiger charge is -2.61. The molecule has 40 heavy (non-hydrogen) atoms. The third-order valence-corrected chi connectivity index (χ3v) is 14.1. The van der Waals surface area contributed by atoms with Gasteiger partial charge in [0.15, 0.2) is 0 Å². The van der Waals surface area contributed by atoms with Gasteiger partial charge in [-0.2, -0.15) is 0 Å². The number of rotatable bonds is 10. The Balaban J connectivity index is 1.98. The van der Waals surface area contributed by atoms with E-state index >= 15 is 0 Å². The minimum absolute atomic E-state index is 0.000946. The van der Waals surface area contributed by atoms with Gasteiger partial charge in [0.1, 0.15) is 0 Å². The minimum atomic E-state index is -1.12. The molecule has 222 valence electrons. The number of benzene rings is 1. The summed E-state index contributed by atoms with van der Waals surface area (Å²) in [5.74, 6) is -1.07. The lowest BCUT2D eigenvalue weighted by Crippen LogP contribution is -2.57. The molecule has 4 aliphatic rings. The number of carbonyl (C=O) groups is 2. The van der Waals surface area contributed by atoms with Crippen LogP contribution in [0.15, 0.2) is 12.1 Å². The van der Waals surface area contributed by atoms with E-state index in [-0.39, 0.29) is 43.6 Å². The molecule has 0 aliphatic heterocycles. The molecular weight excluding hydrogens is 496 g/mol. The molecule has 0 spiro atoms. The second-order valence-corrected chi connectivity index (χ2v) is 16.0. The smallest absolute Gasteiger partial charge is 0.336 e. The second-order valence-electron chi connectivity index (χ2n) is 16.0. The Morgan fingerprint density at radius 2 is 1.23 bits per heavy atom. The maximum absolute atomic E-state index is 13.5. The van der Waals surface area contributed by atoms with Crippen molar-refractivity contribution in [3.05, 3.63) is 34.4 Å². The first kappa shape index (κ1) is 29.6. The van der Waals surface area contributed by atoms with Crippen LogP contribution in [0.5, 0.6) is 0 Å². The summed E-state index contributed by atoms with van der Waals surface area (Å²) in [7, 11) is 0. The van der Waals surface area contributed by atoms with Gasteiger partial charge in [-0.15, -0.1) is 0 Å². The molecule has 4 bridgehead atoms. The van der Waals surface area contributed by atoms with Crippen molar-refractivity contribution in [3.8, 4) is 0 Å². The lowest BCUT2D eigenvalue weighted by molar-refractivity contribution is -0.000771. The Hall–Kier alpha value is -1.84. The molecule has 4 nitrogen and oxygen atoms in total. The fourth-order valence-electron chi connectivity index (χ4n) is 12.2. The van der Waals surface area contributed by atoms with E-state index in [9.17, 15) is 19.8 Å². The van der Waals surface area contributed by atoms with Crippen molar-refractivity contribution < 1.29 is 19.8 Å². The zero-order chi connectivity index (χ0) is 29.5. The van der Waals surface area contributed by atoms with Gasteiger partial charge in [-0.25, -0.2) is 9.59 Å². The third-order valence-electron chi connectivity index (χ3n) is 14.1. The number of aromatic carboxylic acids is 2. The van der Waals surface area contributed by atoms with Gasteiger partial charge >= 0.3 is 11.9 Å². The van der Waals surface area contributed by atoms with E-state index in [0.29, 0.717) is 11.8 Å². The molecule has 4 aliphatic carbocycles. The molecule has 6 unspecified atom stereocenters. The zero-order valence-electron chi connectivity index (χ0n) is 26.5. The summed E-state index contributed by atoms with van der Waals surface area (Å²) in [6, 6.07) is 3.80. The number of hydrogen-bond donors (Lipinski definition) is 2. The van der Waals surface area contributed by atoms with Gasteiger partial charge in [0, 0.05) is 10.8 Å². The monoisotopic (exact) mass is 550 g/mol. The van der Waals surface area contributed by atoms with Crippen LogP contribution in [0.2, 0.25) is 0 Å². The Bertz CT molecular complexity index is 1200. The summed E-state index contributed by atoms with van der Waals surface area (Å²) in [4.78, 5) is 26.2. The number of unbranched alkanes of at least 4 members (excludes halogenated alkanes) is 2. The molecule has 0 heterocycles. The normalized spacial score (nSPS) is 38.7. The van der Waals surface area contributed by atoms with Crippen molar-refractivity contribution in [1.29, 1.82) is 0 Å². The predicted octanol–water partition coefficient (Wildman–Crippen LogP) is 9.63. The first-order chi connectivity index (χ1) is 18.6. The fourth-order valence-corrected chi connectivity index (χ4v) is 12.2. The summed E-state index contributed by atoms with van der Waals surface area (Å²) >= 11 is 0. The van der Waals surface area contributed by atoms with Crippen molar-refractivity contribution >= 4 is 11.9 Å². The average molecular weight is 551 g/mol. The van der Waals surface area contributed by atoms with Gasteiger partial charge in [-0.1, -0.05) is 87.1 Å². The highest BCUT2D eigenvalue weighted by Gasteiger charge is 2.73. The Morgan fingerprint density at radius 1 is 0.750 bits per heavy atom. The molecular formula is C36H54O4. The molecule has 0 amide bonds. The minimum Gasteiger partial charge on any atom is -0.478 e. The highest BCUT2D eigenvalue weighted by Crippen LogP contribution is 2.79. The van der Waals surface area contributed by atoms with Gasteiger partial charge in [-0.3, -0.25) is 0 Å². The Morgan fingerprint density at radius 3 is 1.62 bits per heavy atom. The van der Waals surface area contributed by atoms with Gasteiger partial charge in [-0.05, 0) is 102 Å². The summed E-state index contributed by atoms with van der Waals surface area (Å²) in [6.45, 7) is 19.1. The zero-order valence-corrected chi connectivity index (χ0v) is 26.5. The van der Waals surface area contributed by atoms with Crippen molar-refractivity contribution in [2.24, 2.45) is 33.5 Å². The predicted molar refractivity (Wildman–Crippen MR) is 161 cm³/mol. The van der Waals surface area contributed by atoms with Crippen molar-refractivity contribution in [2.45, 2.75) is 143 Å². The average Bonchev–Trinajstić information content (AvgIpc) is 3.56. The molecule has 0 aromatic heterocycles. The van der Waals surface area contributed by atoms with Gasteiger partial charge in [0.2, 0.25) is 0 Å². The summed E-state index contributed by atoms with van der Waals surface area (Å²) in [5.41, 5.74) is 1.52. The number of fused-ring (bicyclic) bond motifs is 4. The van der Waals surface area contributed by atoms with Crippen LogP contribution >= 0.6 is 0 Å². The van der Waals surface area contributed by atoms with E-state index in [0.717, 1.165) is 56.9 Å². The molecule has 4 saturated carbocycles. The van der Waals surface area contributed by atoms with Crippen LogP contribution in [0, 0.1) is 33.5 Å². The molecule has 6 atom stereocenters. The van der Waals surface area contributed by atoms with Crippen molar-refractivity contribution in [3.63, 3.8) is 0 Å². The van der Waals surface area contributed by atoms with Crippen LogP contribution in [-0.4, -0.2) is 22.2 Å². The van der Waals surface area contributed by atoms with E-state index in [2.05, 4.69) is 61.5 Å². The van der Waals surface area contributed by atoms with Crippen LogP contribution < -0.4 is 0 Å². The van der Waals surface area contributed by atoms with Gasteiger partial charge < -0.3 is 10.2 Å². The second kappa shape index (κ2) is 9.33. The summed E-state index contributed by atoms with van der Waals surface area (Å²) < 4.78 is 0. The van der Waals surface area contributed by atoms with E-state index in [4.69, 9.17) is 0 Å². The standard InChI is InChI=1S/C36H54O4/c1-9-11-17-35(31(3,4)23-15-19-33(35,7)21-23)26-14-13-25(29(37)38)27(30(39)40)28(26)36(18-12-10-2)32(5,6)24-16-20-34(36,8)22-24/h13-14,23-24H,9-12,15-22H2,1-8H3,(H,37,38)(H,39,40). The number of carboxylic acid groups (broad SMARTS) is 2. The van der Waals surface area contributed by atoms with E-state index in [1.54, 1.807) is 6.07 Å². The van der Waals surface area contributed by atoms with Crippen LogP contribution in [-0.2, 0) is 10.8 Å². The molecule has 0 radical (unpaired) electrons. The lowest BCUT2D eigenvalue weighted by atomic mass is 9.42. The largest absolute Gasteiger partial charge is 0.478 e. The Labute approximate surface area is 242 Å². The number of hydrogen-bond acceptors (Lipinski definition) is 2. The first-order valence-corrected chi connectivity index (χ1v) is 16.3. The summed E-state index contributed by atoms with van der Waals surface area (Å²) in [6.07, 6.45) is 13.2. The highest BCUT2D eigenvalue weighted by molar-refractivity contribution is 6.03. The SMILES string of the molecule is CCCCC1(c2ccc(C(=O)O)c(C(=O)O)c2C2(CCCC)C3(C)CCC(C3)C2(C)C)C2(C)CCC(C2)C1(C)C. The van der Waals surface area contributed by atoms with Crippen LogP contribution in [0.3, 0.4) is 0 Å². The molecule has 1 aromatic rings. The molecule has 4 fully saturated rings. The van der Waals surface area contributed by atoms with Crippen LogP contribution in [0.1, 0.15) is 164 Å². The first-order valence-electron chi connectivity index (χ1n) is 16.3. The summed E-state index contributed by atoms with van der Waals surface area (Å²) in [5, 5.41) is 21.4. The fraction of sp³-hybridized carbons (Fsp3) is 0.778. The van der Waals surface area contributed by atoms with Gasteiger partial charge in [0.25, 0.3) is 0 Å². The molecule has 2 N–H and O–H groups in total. The third kappa shape index (κ3) is 3.37. The highest BCUT2D eigenvalue weighted by atomic mass is 16.4. The quantitative estimate of drug-likeness (QED) is 0.304. The number of carboxylic acids is 2. The van der Waals surface area contributed by atoms with Gasteiger partial charge in [0.05, 0.1) is 11.1 Å². The van der Waals surface area contributed by atoms with Crippen molar-refractivity contribution in [2.75, 3.05) is 0 Å². The van der Waals surface area contributed by atoms with E-state index in [1.807, 2.05) is 0 Å². The maximum atomic E-state index is 13.5. The molecule has 4 heteroatoms. The molecule has 5 rings (SSSR count). The maximum Gasteiger partial charge on any atom is 0.336 e. The molecule has 0 saturated heterocycles. The topological polar surface area (TPSA) is 74.6 Å². The van der Waals surface area contributed by atoms with Crippen LogP contribution in [0.4, 0.5) is 0 Å². The Kier molecular flexibility index (Phi) is 6.92. The van der Waals surface area contributed by atoms with Crippen molar-refractivity contribution in [1.82, 2.24) is 0 Å². The van der Waals surface area contributed by atoms with Crippen LogP contribution in [0.25, 0.3) is 0 Å². The molecule has 1 aromatic carbocycles.